The third kappa shape index (κ3) is 4.80. The van der Waals surface area contributed by atoms with Crippen molar-refractivity contribution in [3.05, 3.63) is 81.6 Å². The number of pyridine rings is 1. The van der Waals surface area contributed by atoms with Crippen LogP contribution in [0.4, 0.5) is 0 Å². The molecule has 1 aromatic carbocycles. The van der Waals surface area contributed by atoms with Crippen LogP contribution in [-0.2, 0) is 6.42 Å². The van der Waals surface area contributed by atoms with Gasteiger partial charge in [0.05, 0.1) is 11.2 Å². The molecular weight excluding hydrogens is 372 g/mol. The summed E-state index contributed by atoms with van der Waals surface area (Å²) in [4.78, 5) is 33.5. The van der Waals surface area contributed by atoms with Crippen LogP contribution in [0.1, 0.15) is 50.6 Å². The van der Waals surface area contributed by atoms with Gasteiger partial charge in [0.1, 0.15) is 5.69 Å². The van der Waals surface area contributed by atoms with E-state index in [0.29, 0.717) is 24.2 Å². The van der Waals surface area contributed by atoms with Gasteiger partial charge in [-0.05, 0) is 17.7 Å². The van der Waals surface area contributed by atoms with E-state index in [1.807, 2.05) is 42.6 Å². The van der Waals surface area contributed by atoms with E-state index in [0.717, 1.165) is 11.3 Å². The van der Waals surface area contributed by atoms with Crippen molar-refractivity contribution >= 4 is 23.2 Å². The van der Waals surface area contributed by atoms with Gasteiger partial charge in [-0.1, -0.05) is 37.3 Å². The average molecular weight is 395 g/mol. The topological polar surface area (TPSA) is 84.0 Å². The van der Waals surface area contributed by atoms with E-state index in [1.165, 1.54) is 17.4 Å². The minimum Gasteiger partial charge on any atom is -0.354 e. The lowest BCUT2D eigenvalue weighted by molar-refractivity contribution is 0.0954. The molecule has 3 aromatic rings. The van der Waals surface area contributed by atoms with E-state index in [2.05, 4.69) is 20.6 Å². The molecule has 0 bridgehead atoms. The highest BCUT2D eigenvalue weighted by atomic mass is 32.1. The van der Waals surface area contributed by atoms with E-state index in [-0.39, 0.29) is 23.4 Å². The summed E-state index contributed by atoms with van der Waals surface area (Å²) in [7, 11) is 1.55. The lowest BCUT2D eigenvalue weighted by Crippen LogP contribution is -2.27. The van der Waals surface area contributed by atoms with Crippen molar-refractivity contribution in [2.75, 3.05) is 13.6 Å². The fraction of sp³-hybridized carbons (Fsp3) is 0.238. The monoisotopic (exact) mass is 394 g/mol. The van der Waals surface area contributed by atoms with Crippen LogP contribution in [-0.4, -0.2) is 35.4 Å². The van der Waals surface area contributed by atoms with E-state index >= 15 is 0 Å². The first-order valence-corrected chi connectivity index (χ1v) is 9.97. The van der Waals surface area contributed by atoms with Crippen molar-refractivity contribution in [3.63, 3.8) is 0 Å². The minimum atomic E-state index is -0.321. The zero-order chi connectivity index (χ0) is 19.9. The Balaban J connectivity index is 1.82. The third-order valence-electron chi connectivity index (χ3n) is 4.46. The van der Waals surface area contributed by atoms with Gasteiger partial charge in [0.25, 0.3) is 11.8 Å². The van der Waals surface area contributed by atoms with E-state index < -0.39 is 0 Å². The van der Waals surface area contributed by atoms with E-state index in [9.17, 15) is 9.59 Å². The van der Waals surface area contributed by atoms with Gasteiger partial charge in [-0.3, -0.25) is 9.59 Å². The van der Waals surface area contributed by atoms with Crippen LogP contribution in [0, 0.1) is 0 Å². The fourth-order valence-electron chi connectivity index (χ4n) is 2.83. The number of rotatable bonds is 7. The first kappa shape index (κ1) is 19.7. The Morgan fingerprint density at radius 3 is 2.61 bits per heavy atom. The molecule has 0 aliphatic rings. The Labute approximate surface area is 168 Å². The highest BCUT2D eigenvalue weighted by Gasteiger charge is 2.18. The number of carbonyl (C=O) groups excluding carboxylic acids is 2. The van der Waals surface area contributed by atoms with Gasteiger partial charge in [-0.15, -0.1) is 11.3 Å². The number of aromatic nitrogens is 2. The molecule has 2 N–H and O–H groups in total. The van der Waals surface area contributed by atoms with Crippen LogP contribution in [0.15, 0.2) is 53.4 Å². The quantitative estimate of drug-likeness (QED) is 0.645. The third-order valence-corrected chi connectivity index (χ3v) is 5.10. The maximum atomic E-state index is 12.7. The molecule has 0 unspecified atom stereocenters. The molecular formula is C21H22N4O2S. The number of hydrogen-bond acceptors (Lipinski definition) is 5. The average Bonchev–Trinajstić information content (AvgIpc) is 3.26. The second-order valence-corrected chi connectivity index (χ2v) is 7.08. The zero-order valence-corrected chi connectivity index (χ0v) is 16.6. The summed E-state index contributed by atoms with van der Waals surface area (Å²) >= 11 is 1.53. The van der Waals surface area contributed by atoms with Crippen LogP contribution >= 0.6 is 11.3 Å². The van der Waals surface area contributed by atoms with Crippen LogP contribution in [0.2, 0.25) is 0 Å². The highest BCUT2D eigenvalue weighted by Crippen LogP contribution is 2.23. The summed E-state index contributed by atoms with van der Waals surface area (Å²) in [5.41, 5.74) is 5.12. The smallest absolute Gasteiger partial charge is 0.269 e. The Morgan fingerprint density at radius 1 is 1.14 bits per heavy atom. The van der Waals surface area contributed by atoms with Crippen LogP contribution in [0.5, 0.6) is 0 Å². The molecule has 0 aliphatic carbocycles. The summed E-state index contributed by atoms with van der Waals surface area (Å²) < 4.78 is 0. The first-order chi connectivity index (χ1) is 13.6. The van der Waals surface area contributed by atoms with Crippen LogP contribution < -0.4 is 10.6 Å². The molecule has 0 saturated carbocycles. The molecule has 2 amide bonds. The van der Waals surface area contributed by atoms with Crippen molar-refractivity contribution in [2.45, 2.75) is 19.3 Å². The van der Waals surface area contributed by atoms with Gasteiger partial charge in [0.2, 0.25) is 0 Å². The summed E-state index contributed by atoms with van der Waals surface area (Å²) in [6, 6.07) is 13.2. The predicted molar refractivity (Wildman–Crippen MR) is 110 cm³/mol. The zero-order valence-electron chi connectivity index (χ0n) is 15.8. The van der Waals surface area contributed by atoms with E-state index in [1.54, 1.807) is 18.6 Å². The molecule has 28 heavy (non-hydrogen) atoms. The number of carbonyl (C=O) groups is 2. The van der Waals surface area contributed by atoms with Crippen LogP contribution in [0.25, 0.3) is 0 Å². The molecule has 0 saturated heterocycles. The number of hydrogen-bond donors (Lipinski definition) is 2. The predicted octanol–water partition coefficient (Wildman–Crippen LogP) is 3.02. The van der Waals surface area contributed by atoms with Crippen molar-refractivity contribution in [1.29, 1.82) is 0 Å². The SMILES string of the molecule is CNC(=O)c1cc(C(=O)NCCc2cscn2)cc([C@@H](C)c2ccccc2)n1. The molecule has 2 aromatic heterocycles. The largest absolute Gasteiger partial charge is 0.354 e. The molecule has 2 heterocycles. The fourth-order valence-corrected chi connectivity index (χ4v) is 3.42. The molecule has 3 rings (SSSR count). The van der Waals surface area contributed by atoms with Gasteiger partial charge in [0.15, 0.2) is 0 Å². The number of amides is 2. The van der Waals surface area contributed by atoms with Crippen molar-refractivity contribution in [1.82, 2.24) is 20.6 Å². The van der Waals surface area contributed by atoms with Gasteiger partial charge in [-0.25, -0.2) is 9.97 Å². The number of thiazole rings is 1. The van der Waals surface area contributed by atoms with Gasteiger partial charge >= 0.3 is 0 Å². The molecule has 0 radical (unpaired) electrons. The first-order valence-electron chi connectivity index (χ1n) is 9.02. The van der Waals surface area contributed by atoms with E-state index in [4.69, 9.17) is 0 Å². The van der Waals surface area contributed by atoms with Crippen molar-refractivity contribution in [3.8, 4) is 0 Å². The summed E-state index contributed by atoms with van der Waals surface area (Å²) in [6.07, 6.45) is 0.663. The molecule has 144 valence electrons. The minimum absolute atomic E-state index is 0.0487. The maximum Gasteiger partial charge on any atom is 0.269 e. The second kappa shape index (κ2) is 9.23. The van der Waals surface area contributed by atoms with Gasteiger partial charge in [-0.2, -0.15) is 0 Å². The highest BCUT2D eigenvalue weighted by molar-refractivity contribution is 7.07. The van der Waals surface area contributed by atoms with Gasteiger partial charge < -0.3 is 10.6 Å². The Hall–Kier alpha value is -3.06. The Kier molecular flexibility index (Phi) is 6.49. The number of nitrogens with zero attached hydrogens (tertiary/aromatic N) is 2. The summed E-state index contributed by atoms with van der Waals surface area (Å²) in [6.45, 7) is 2.49. The normalized spacial score (nSPS) is 11.6. The van der Waals surface area contributed by atoms with Crippen molar-refractivity contribution < 1.29 is 9.59 Å². The lowest BCUT2D eigenvalue weighted by atomic mass is 9.96. The molecule has 7 heteroatoms. The number of benzene rings is 1. The summed E-state index contributed by atoms with van der Waals surface area (Å²) in [5, 5.41) is 7.43. The maximum absolute atomic E-state index is 12.7. The molecule has 0 spiro atoms. The molecule has 0 aliphatic heterocycles. The molecule has 0 fully saturated rings. The second-order valence-electron chi connectivity index (χ2n) is 6.36. The molecule has 6 nitrogen and oxygen atoms in total. The van der Waals surface area contributed by atoms with Crippen molar-refractivity contribution in [2.24, 2.45) is 0 Å². The Bertz CT molecular complexity index is 942. The standard InChI is InChI=1S/C21H22N4O2S/c1-14(15-6-4-3-5-7-15)18-10-16(11-19(25-18)21(27)22-2)20(26)23-9-8-17-12-28-13-24-17/h3-7,10-14H,8-9H2,1-2H3,(H,22,27)(H,23,26)/t14-/m0/s1. The Morgan fingerprint density at radius 2 is 1.93 bits per heavy atom. The lowest BCUT2D eigenvalue weighted by Gasteiger charge is -2.14. The van der Waals surface area contributed by atoms with Crippen LogP contribution in [0.3, 0.4) is 0 Å². The van der Waals surface area contributed by atoms with Gasteiger partial charge in [0, 0.05) is 42.6 Å². The number of nitrogens with one attached hydrogen (secondary N) is 2. The molecule has 1 atom stereocenters. The summed E-state index contributed by atoms with van der Waals surface area (Å²) in [5.74, 6) is -0.602.